The van der Waals surface area contributed by atoms with Gasteiger partial charge in [0.15, 0.2) is 15.9 Å². The molecule has 0 radical (unpaired) electrons. The summed E-state index contributed by atoms with van der Waals surface area (Å²) in [6, 6.07) is 19.7. The molecule has 3 heterocycles. The lowest BCUT2D eigenvalue weighted by Crippen LogP contribution is -2.31. The number of phenolic OH excluding ortho intramolecular Hbond substituents is 1. The molecule has 6 rings (SSSR count). The van der Waals surface area contributed by atoms with Gasteiger partial charge in [-0.2, -0.15) is 0 Å². The molecule has 0 unspecified atom stereocenters. The second kappa shape index (κ2) is 10.0. The van der Waals surface area contributed by atoms with Crippen molar-refractivity contribution >= 4 is 50.9 Å². The number of fused-ring (bicyclic) bond motifs is 1. The van der Waals surface area contributed by atoms with Crippen molar-refractivity contribution in [3.05, 3.63) is 113 Å². The third-order valence-corrected chi connectivity index (χ3v) is 8.29. The Kier molecular flexibility index (Phi) is 6.37. The quantitative estimate of drug-likeness (QED) is 0.137. The van der Waals surface area contributed by atoms with Crippen LogP contribution in [0.5, 0.6) is 5.75 Å². The first-order valence-corrected chi connectivity index (χ1v) is 13.5. The molecule has 1 aliphatic rings. The summed E-state index contributed by atoms with van der Waals surface area (Å²) in [6.07, 6.45) is 0. The number of anilines is 1. The summed E-state index contributed by atoms with van der Waals surface area (Å²) in [5.41, 5.74) is 1.57. The predicted octanol–water partition coefficient (Wildman–Crippen LogP) is 6.20. The van der Waals surface area contributed by atoms with Gasteiger partial charge in [0.1, 0.15) is 17.1 Å². The Hall–Kier alpha value is -4.48. The number of aromatic nitrogens is 2. The average molecular weight is 560 g/mol. The zero-order valence-corrected chi connectivity index (χ0v) is 21.6. The van der Waals surface area contributed by atoms with Crippen molar-refractivity contribution in [2.24, 2.45) is 0 Å². The number of Topliss-reactive ketones (excluding diaryl/α,β-unsaturated/α-hetero) is 1. The summed E-state index contributed by atoms with van der Waals surface area (Å²) in [5, 5.41) is 30.3. The van der Waals surface area contributed by atoms with Gasteiger partial charge in [-0.05, 0) is 47.5 Å². The number of carbonyl (C=O) groups is 2. The van der Waals surface area contributed by atoms with Crippen LogP contribution in [0.15, 0.2) is 99.0 Å². The van der Waals surface area contributed by atoms with Crippen LogP contribution in [0, 0.1) is 5.82 Å². The number of halogens is 1. The number of nitrogens with zero attached hydrogens (tertiary/aromatic N) is 3. The van der Waals surface area contributed by atoms with Gasteiger partial charge in [0.05, 0.1) is 11.6 Å². The molecule has 0 saturated heterocycles. The first-order chi connectivity index (χ1) is 18.9. The maximum atomic E-state index is 13.7. The fourth-order valence-electron chi connectivity index (χ4n) is 4.36. The van der Waals surface area contributed by atoms with Crippen molar-refractivity contribution in [3.63, 3.8) is 0 Å². The van der Waals surface area contributed by atoms with Crippen LogP contribution < -0.4 is 4.90 Å². The molecule has 39 heavy (non-hydrogen) atoms. The van der Waals surface area contributed by atoms with E-state index in [1.165, 1.54) is 40.9 Å². The maximum absolute atomic E-state index is 13.7. The number of phenols is 1. The molecule has 0 fully saturated rings. The molecular formula is C28H18FN3O5S2. The van der Waals surface area contributed by atoms with Crippen LogP contribution in [-0.2, 0) is 10.5 Å². The normalized spacial score (nSPS) is 15.5. The third kappa shape index (κ3) is 4.66. The lowest BCUT2D eigenvalue weighted by molar-refractivity contribution is -0.117. The van der Waals surface area contributed by atoms with Gasteiger partial charge in [-0.1, -0.05) is 65.6 Å². The highest BCUT2D eigenvalue weighted by molar-refractivity contribution is 8.00. The Labute approximate surface area is 229 Å². The molecule has 3 aromatic carbocycles. The molecule has 0 spiro atoms. The van der Waals surface area contributed by atoms with Gasteiger partial charge in [0.2, 0.25) is 10.9 Å². The van der Waals surface area contributed by atoms with Crippen LogP contribution in [0.3, 0.4) is 0 Å². The summed E-state index contributed by atoms with van der Waals surface area (Å²) in [7, 11) is 0. The highest BCUT2D eigenvalue weighted by atomic mass is 32.2. The minimum absolute atomic E-state index is 0.0367. The second-order valence-electron chi connectivity index (χ2n) is 8.68. The zero-order chi connectivity index (χ0) is 27.1. The summed E-state index contributed by atoms with van der Waals surface area (Å²) >= 11 is 2.46. The van der Waals surface area contributed by atoms with E-state index in [9.17, 15) is 24.2 Å². The second-order valence-corrected chi connectivity index (χ2v) is 10.9. The molecule has 194 valence electrons. The van der Waals surface area contributed by atoms with E-state index >= 15 is 0 Å². The molecule has 5 aromatic rings. The van der Waals surface area contributed by atoms with Gasteiger partial charge in [-0.15, -0.1) is 10.2 Å². The van der Waals surface area contributed by atoms with Crippen molar-refractivity contribution < 1.29 is 28.6 Å². The number of carbonyl (C=O) groups excluding carboxylic acids is 2. The third-order valence-electron chi connectivity index (χ3n) is 6.17. The largest absolute Gasteiger partial charge is 0.508 e. The fourth-order valence-corrected chi connectivity index (χ4v) is 6.18. The molecule has 1 amide bonds. The SMILES string of the molecule is O=C(C1=C(O)C(=O)N(c2nnc(SCc3ccc(F)cc3)s2)[C@@H]1c1cccc(O)c1)c1cc2ccccc2o1. The summed E-state index contributed by atoms with van der Waals surface area (Å²) in [4.78, 5) is 28.3. The molecule has 2 aromatic heterocycles. The number of thioether (sulfide) groups is 1. The Morgan fingerprint density at radius 1 is 1.03 bits per heavy atom. The monoisotopic (exact) mass is 559 g/mol. The number of hydrogen-bond donors (Lipinski definition) is 2. The molecule has 2 N–H and O–H groups in total. The van der Waals surface area contributed by atoms with Gasteiger partial charge in [-0.3, -0.25) is 14.5 Å². The van der Waals surface area contributed by atoms with E-state index in [1.54, 1.807) is 54.6 Å². The topological polar surface area (TPSA) is 117 Å². The van der Waals surface area contributed by atoms with E-state index < -0.39 is 23.5 Å². The van der Waals surface area contributed by atoms with Crippen LogP contribution in [0.1, 0.15) is 27.7 Å². The molecular weight excluding hydrogens is 541 g/mol. The Morgan fingerprint density at radius 2 is 1.82 bits per heavy atom. The van der Waals surface area contributed by atoms with Crippen LogP contribution in [0.4, 0.5) is 9.52 Å². The number of aliphatic hydroxyl groups excluding tert-OH is 1. The molecule has 0 aliphatic carbocycles. The van der Waals surface area contributed by atoms with E-state index in [1.807, 2.05) is 0 Å². The number of rotatable bonds is 7. The number of ketones is 1. The average Bonchev–Trinajstić information content (AvgIpc) is 3.64. The van der Waals surface area contributed by atoms with E-state index in [-0.39, 0.29) is 28.0 Å². The molecule has 1 atom stereocenters. The van der Waals surface area contributed by atoms with E-state index in [0.29, 0.717) is 26.6 Å². The highest BCUT2D eigenvalue weighted by Crippen LogP contribution is 2.44. The smallest absolute Gasteiger partial charge is 0.296 e. The van der Waals surface area contributed by atoms with Crippen LogP contribution in [0.2, 0.25) is 0 Å². The molecule has 0 bridgehead atoms. The lowest BCUT2D eigenvalue weighted by Gasteiger charge is -2.23. The first kappa shape index (κ1) is 24.8. The van der Waals surface area contributed by atoms with Gasteiger partial charge in [-0.25, -0.2) is 4.39 Å². The number of benzene rings is 3. The number of amides is 1. The Bertz CT molecular complexity index is 1730. The minimum Gasteiger partial charge on any atom is -0.508 e. The highest BCUT2D eigenvalue weighted by Gasteiger charge is 2.47. The van der Waals surface area contributed by atoms with Crippen molar-refractivity contribution in [1.29, 1.82) is 0 Å². The number of aliphatic hydroxyl groups is 1. The fraction of sp³-hybridized carbons (Fsp3) is 0.0714. The Morgan fingerprint density at radius 3 is 2.59 bits per heavy atom. The lowest BCUT2D eigenvalue weighted by atomic mass is 9.95. The van der Waals surface area contributed by atoms with Crippen LogP contribution in [-0.4, -0.2) is 32.1 Å². The van der Waals surface area contributed by atoms with Crippen LogP contribution in [0.25, 0.3) is 11.0 Å². The number of para-hydroxylation sites is 1. The van der Waals surface area contributed by atoms with E-state index in [2.05, 4.69) is 10.2 Å². The van der Waals surface area contributed by atoms with Gasteiger partial charge >= 0.3 is 0 Å². The van der Waals surface area contributed by atoms with Crippen molar-refractivity contribution in [2.75, 3.05) is 4.90 Å². The number of aromatic hydroxyl groups is 1. The molecule has 1 aliphatic heterocycles. The Balaban J connectivity index is 1.36. The van der Waals surface area contributed by atoms with Gasteiger partial charge in [0, 0.05) is 11.1 Å². The van der Waals surface area contributed by atoms with Crippen molar-refractivity contribution in [1.82, 2.24) is 10.2 Å². The van der Waals surface area contributed by atoms with Crippen LogP contribution >= 0.6 is 23.1 Å². The van der Waals surface area contributed by atoms with Crippen molar-refractivity contribution in [3.8, 4) is 5.75 Å². The summed E-state index contributed by atoms with van der Waals surface area (Å²) in [6.45, 7) is 0. The van der Waals surface area contributed by atoms with E-state index in [0.717, 1.165) is 16.9 Å². The summed E-state index contributed by atoms with van der Waals surface area (Å²) in [5.74, 6) is -2.16. The van der Waals surface area contributed by atoms with Gasteiger partial charge in [0.25, 0.3) is 5.91 Å². The molecule has 0 saturated carbocycles. The zero-order valence-electron chi connectivity index (χ0n) is 19.9. The predicted molar refractivity (Wildman–Crippen MR) is 144 cm³/mol. The summed E-state index contributed by atoms with van der Waals surface area (Å²) < 4.78 is 19.5. The molecule has 8 nitrogen and oxygen atoms in total. The standard InChI is InChI=1S/C28H18FN3O5S2/c29-18-10-8-15(9-11-18)14-38-28-31-30-27(39-28)32-23(17-5-3-6-19(33)12-17)22(25(35)26(32)36)24(34)21-13-16-4-1-2-7-20(16)37-21/h1-13,23,33,35H,14H2/t23-/m1/s1. The maximum Gasteiger partial charge on any atom is 0.296 e. The minimum atomic E-state index is -1.09. The molecule has 11 heteroatoms. The van der Waals surface area contributed by atoms with Gasteiger partial charge < -0.3 is 14.6 Å². The number of furan rings is 1. The first-order valence-electron chi connectivity index (χ1n) is 11.7. The van der Waals surface area contributed by atoms with Crippen molar-refractivity contribution in [2.45, 2.75) is 16.1 Å². The van der Waals surface area contributed by atoms with E-state index in [4.69, 9.17) is 4.42 Å². The number of hydrogen-bond acceptors (Lipinski definition) is 9.